The van der Waals surface area contributed by atoms with Crippen LogP contribution in [0.4, 0.5) is 5.69 Å². The van der Waals surface area contributed by atoms with Gasteiger partial charge in [-0.25, -0.2) is 0 Å². The summed E-state index contributed by atoms with van der Waals surface area (Å²) in [5, 5.41) is 0. The van der Waals surface area contributed by atoms with Crippen molar-refractivity contribution in [1.82, 2.24) is 4.98 Å². The lowest BCUT2D eigenvalue weighted by Crippen LogP contribution is -1.99. The third-order valence-electron chi connectivity index (χ3n) is 1.23. The SMILES string of the molecule is CC(=O)c1cnccc1N. The molecular weight excluding hydrogens is 128 g/mol. The van der Waals surface area contributed by atoms with E-state index in [-0.39, 0.29) is 5.78 Å². The van der Waals surface area contributed by atoms with Gasteiger partial charge in [0, 0.05) is 18.1 Å². The molecule has 1 rings (SSSR count). The van der Waals surface area contributed by atoms with Gasteiger partial charge in [0.25, 0.3) is 0 Å². The fourth-order valence-electron chi connectivity index (χ4n) is 0.699. The highest BCUT2D eigenvalue weighted by Crippen LogP contribution is 2.07. The lowest BCUT2D eigenvalue weighted by Gasteiger charge is -1.97. The number of ketones is 1. The number of hydrogen-bond acceptors (Lipinski definition) is 3. The molecule has 10 heavy (non-hydrogen) atoms. The molecule has 0 saturated heterocycles. The molecule has 0 radical (unpaired) electrons. The Bertz CT molecular complexity index is 258. The van der Waals surface area contributed by atoms with Crippen LogP contribution < -0.4 is 5.73 Å². The molecule has 0 atom stereocenters. The van der Waals surface area contributed by atoms with Crippen molar-refractivity contribution in [3.05, 3.63) is 24.0 Å². The first-order chi connectivity index (χ1) is 4.72. The van der Waals surface area contributed by atoms with Crippen molar-refractivity contribution < 1.29 is 4.79 Å². The fraction of sp³-hybridized carbons (Fsp3) is 0.143. The van der Waals surface area contributed by atoms with Crippen molar-refractivity contribution in [2.75, 3.05) is 5.73 Å². The number of carbonyl (C=O) groups is 1. The summed E-state index contributed by atoms with van der Waals surface area (Å²) < 4.78 is 0. The van der Waals surface area contributed by atoms with Crippen molar-refractivity contribution in [2.24, 2.45) is 0 Å². The van der Waals surface area contributed by atoms with E-state index in [0.29, 0.717) is 11.3 Å². The van der Waals surface area contributed by atoms with Gasteiger partial charge < -0.3 is 5.73 Å². The van der Waals surface area contributed by atoms with Crippen LogP contribution in [0.2, 0.25) is 0 Å². The zero-order valence-electron chi connectivity index (χ0n) is 5.66. The minimum atomic E-state index is -0.0504. The second-order valence-corrected chi connectivity index (χ2v) is 2.02. The van der Waals surface area contributed by atoms with E-state index in [1.165, 1.54) is 13.1 Å². The van der Waals surface area contributed by atoms with Gasteiger partial charge in [-0.1, -0.05) is 0 Å². The maximum atomic E-state index is 10.7. The first kappa shape index (κ1) is 6.74. The molecule has 0 aliphatic heterocycles. The first-order valence-corrected chi connectivity index (χ1v) is 2.92. The maximum Gasteiger partial charge on any atom is 0.163 e. The average Bonchev–Trinajstić information content (AvgIpc) is 1.88. The Balaban J connectivity index is 3.15. The summed E-state index contributed by atoms with van der Waals surface area (Å²) in [6, 6.07) is 1.61. The van der Waals surface area contributed by atoms with E-state index in [9.17, 15) is 4.79 Å². The van der Waals surface area contributed by atoms with E-state index in [0.717, 1.165) is 0 Å². The molecule has 0 bridgehead atoms. The largest absolute Gasteiger partial charge is 0.398 e. The predicted octanol–water partition coefficient (Wildman–Crippen LogP) is 0.866. The smallest absolute Gasteiger partial charge is 0.163 e. The molecule has 0 aliphatic rings. The molecule has 0 fully saturated rings. The Morgan fingerprint density at radius 3 is 2.80 bits per heavy atom. The standard InChI is InChI=1S/C7H8N2O/c1-5(10)6-4-9-3-2-7(6)8/h2-4H,1H3,(H2,8,9). The molecule has 0 spiro atoms. The third-order valence-corrected chi connectivity index (χ3v) is 1.23. The highest BCUT2D eigenvalue weighted by Gasteiger charge is 2.01. The van der Waals surface area contributed by atoms with Crippen LogP contribution >= 0.6 is 0 Å². The summed E-state index contributed by atoms with van der Waals surface area (Å²) in [5.41, 5.74) is 6.44. The molecule has 0 aliphatic carbocycles. The second-order valence-electron chi connectivity index (χ2n) is 2.02. The van der Waals surface area contributed by atoms with Gasteiger partial charge in [-0.05, 0) is 13.0 Å². The van der Waals surface area contributed by atoms with Gasteiger partial charge in [0.15, 0.2) is 5.78 Å². The van der Waals surface area contributed by atoms with E-state index < -0.39 is 0 Å². The Morgan fingerprint density at radius 1 is 1.70 bits per heavy atom. The third kappa shape index (κ3) is 1.13. The van der Waals surface area contributed by atoms with Crippen LogP contribution in [-0.4, -0.2) is 10.8 Å². The monoisotopic (exact) mass is 136 g/mol. The number of hydrogen-bond donors (Lipinski definition) is 1. The minimum Gasteiger partial charge on any atom is -0.398 e. The van der Waals surface area contributed by atoms with Crippen LogP contribution in [0.5, 0.6) is 0 Å². The number of nitrogens with zero attached hydrogens (tertiary/aromatic N) is 1. The van der Waals surface area contributed by atoms with Gasteiger partial charge in [0.2, 0.25) is 0 Å². The van der Waals surface area contributed by atoms with Gasteiger partial charge >= 0.3 is 0 Å². The number of carbonyl (C=O) groups excluding carboxylic acids is 1. The van der Waals surface area contributed by atoms with Gasteiger partial charge in [-0.2, -0.15) is 0 Å². The van der Waals surface area contributed by atoms with E-state index >= 15 is 0 Å². The van der Waals surface area contributed by atoms with Crippen molar-refractivity contribution in [1.29, 1.82) is 0 Å². The van der Waals surface area contributed by atoms with Crippen LogP contribution in [0.25, 0.3) is 0 Å². The molecule has 3 heteroatoms. The molecule has 2 N–H and O–H groups in total. The highest BCUT2D eigenvalue weighted by atomic mass is 16.1. The number of aromatic nitrogens is 1. The van der Waals surface area contributed by atoms with E-state index in [4.69, 9.17) is 5.73 Å². The average molecular weight is 136 g/mol. The van der Waals surface area contributed by atoms with Gasteiger partial charge in [0.05, 0.1) is 5.56 Å². The maximum absolute atomic E-state index is 10.7. The molecule has 1 aromatic rings. The molecule has 0 unspecified atom stereocenters. The highest BCUT2D eigenvalue weighted by molar-refractivity contribution is 5.98. The minimum absolute atomic E-state index is 0.0504. The molecular formula is C7H8N2O. The summed E-state index contributed by atoms with van der Waals surface area (Å²) in [7, 11) is 0. The summed E-state index contributed by atoms with van der Waals surface area (Å²) in [5.74, 6) is -0.0504. The van der Waals surface area contributed by atoms with E-state index in [1.807, 2.05) is 0 Å². The number of anilines is 1. The normalized spacial score (nSPS) is 9.30. The first-order valence-electron chi connectivity index (χ1n) is 2.92. The summed E-state index contributed by atoms with van der Waals surface area (Å²) in [6.45, 7) is 1.47. The van der Waals surface area contributed by atoms with Crippen molar-refractivity contribution >= 4 is 11.5 Å². The molecule has 0 saturated carbocycles. The summed E-state index contributed by atoms with van der Waals surface area (Å²) in [6.07, 6.45) is 3.03. The number of Topliss-reactive ketones (excluding diaryl/α,β-unsaturated/α-hetero) is 1. The Hall–Kier alpha value is -1.38. The molecule has 3 nitrogen and oxygen atoms in total. The van der Waals surface area contributed by atoms with Crippen LogP contribution in [0.1, 0.15) is 17.3 Å². The number of pyridine rings is 1. The molecule has 1 heterocycles. The molecule has 0 amide bonds. The lowest BCUT2D eigenvalue weighted by molar-refractivity contribution is 0.101. The van der Waals surface area contributed by atoms with Gasteiger partial charge in [-0.15, -0.1) is 0 Å². The molecule has 1 aromatic heterocycles. The molecule has 52 valence electrons. The van der Waals surface area contributed by atoms with Crippen LogP contribution in [-0.2, 0) is 0 Å². The van der Waals surface area contributed by atoms with E-state index in [2.05, 4.69) is 4.98 Å². The van der Waals surface area contributed by atoms with Crippen molar-refractivity contribution in [3.63, 3.8) is 0 Å². The Labute approximate surface area is 58.9 Å². The summed E-state index contributed by atoms with van der Waals surface area (Å²) in [4.78, 5) is 14.5. The quantitative estimate of drug-likeness (QED) is 0.582. The van der Waals surface area contributed by atoms with Crippen LogP contribution in [0, 0.1) is 0 Å². The summed E-state index contributed by atoms with van der Waals surface area (Å²) >= 11 is 0. The van der Waals surface area contributed by atoms with Gasteiger partial charge in [0.1, 0.15) is 0 Å². The second kappa shape index (κ2) is 2.47. The Morgan fingerprint density at radius 2 is 2.40 bits per heavy atom. The van der Waals surface area contributed by atoms with Crippen LogP contribution in [0.3, 0.4) is 0 Å². The van der Waals surface area contributed by atoms with E-state index in [1.54, 1.807) is 12.3 Å². The predicted molar refractivity (Wildman–Crippen MR) is 38.7 cm³/mol. The zero-order chi connectivity index (χ0) is 7.56. The fourth-order valence-corrected chi connectivity index (χ4v) is 0.699. The lowest BCUT2D eigenvalue weighted by atomic mass is 10.2. The van der Waals surface area contributed by atoms with Crippen molar-refractivity contribution in [3.8, 4) is 0 Å². The van der Waals surface area contributed by atoms with Crippen LogP contribution in [0.15, 0.2) is 18.5 Å². The molecule has 0 aromatic carbocycles. The number of rotatable bonds is 1. The number of nitrogen functional groups attached to an aromatic ring is 1. The Kier molecular flexibility index (Phi) is 1.67. The van der Waals surface area contributed by atoms with Gasteiger partial charge in [-0.3, -0.25) is 9.78 Å². The van der Waals surface area contributed by atoms with Crippen molar-refractivity contribution in [2.45, 2.75) is 6.92 Å². The topological polar surface area (TPSA) is 56.0 Å². The number of nitrogens with two attached hydrogens (primary N) is 1. The zero-order valence-corrected chi connectivity index (χ0v) is 5.66.